The van der Waals surface area contributed by atoms with Crippen molar-refractivity contribution >= 4 is 5.69 Å². The minimum atomic E-state index is 0.640. The molecule has 0 saturated heterocycles. The molecule has 2 N–H and O–H groups in total. The Bertz CT molecular complexity index is 403. The van der Waals surface area contributed by atoms with Crippen LogP contribution in [0.25, 0.3) is 0 Å². The Morgan fingerprint density at radius 3 is 3.00 bits per heavy atom. The normalized spacial score (nSPS) is 21.8. The Morgan fingerprint density at radius 2 is 2.11 bits per heavy atom. The third-order valence-corrected chi connectivity index (χ3v) is 4.07. The summed E-state index contributed by atoms with van der Waals surface area (Å²) < 4.78 is 5.64. The number of hydrogen-bond donors (Lipinski definition) is 2. The van der Waals surface area contributed by atoms with Gasteiger partial charge in [0.2, 0.25) is 0 Å². The average molecular weight is 260 g/mol. The van der Waals surface area contributed by atoms with Crippen molar-refractivity contribution in [1.29, 1.82) is 0 Å². The lowest BCUT2D eigenvalue weighted by Gasteiger charge is -2.26. The van der Waals surface area contributed by atoms with Gasteiger partial charge in [-0.15, -0.1) is 0 Å². The van der Waals surface area contributed by atoms with Gasteiger partial charge < -0.3 is 15.4 Å². The van der Waals surface area contributed by atoms with E-state index in [1.165, 1.54) is 30.5 Å². The molecule has 3 nitrogen and oxygen atoms in total. The van der Waals surface area contributed by atoms with Crippen LogP contribution in [0.1, 0.15) is 30.7 Å². The molecule has 1 aliphatic carbocycles. The van der Waals surface area contributed by atoms with Crippen molar-refractivity contribution < 1.29 is 4.74 Å². The van der Waals surface area contributed by atoms with E-state index in [1.54, 1.807) is 0 Å². The first-order valence-electron chi connectivity index (χ1n) is 7.55. The first-order valence-corrected chi connectivity index (χ1v) is 7.55. The minimum Gasteiger partial charge on any atom is -0.385 e. The molecule has 1 atom stereocenters. The topological polar surface area (TPSA) is 33.3 Å². The number of ether oxygens (including phenoxy) is 1. The van der Waals surface area contributed by atoms with Crippen LogP contribution in [-0.2, 0) is 4.74 Å². The van der Waals surface area contributed by atoms with Crippen molar-refractivity contribution in [2.45, 2.75) is 25.2 Å². The molecule has 0 bridgehead atoms. The molecule has 19 heavy (non-hydrogen) atoms. The van der Waals surface area contributed by atoms with Crippen LogP contribution < -0.4 is 10.6 Å². The molecule has 1 fully saturated rings. The highest BCUT2D eigenvalue weighted by Crippen LogP contribution is 2.30. The summed E-state index contributed by atoms with van der Waals surface area (Å²) in [6, 6.07) is 8.67. The summed E-state index contributed by atoms with van der Waals surface area (Å²) >= 11 is 0. The minimum absolute atomic E-state index is 0.640. The fraction of sp³-hybridized carbons (Fsp3) is 0.625. The van der Waals surface area contributed by atoms with Crippen LogP contribution in [0, 0.1) is 5.92 Å². The van der Waals surface area contributed by atoms with E-state index in [4.69, 9.17) is 4.74 Å². The molecule has 3 rings (SSSR count). The molecule has 1 aromatic carbocycles. The highest BCUT2D eigenvalue weighted by Gasteiger charge is 2.21. The third kappa shape index (κ3) is 3.71. The second-order valence-corrected chi connectivity index (χ2v) is 5.72. The zero-order chi connectivity index (χ0) is 12.9. The number of benzene rings is 1. The number of fused-ring (bicyclic) bond motifs is 1. The van der Waals surface area contributed by atoms with Crippen LogP contribution >= 0.6 is 0 Å². The van der Waals surface area contributed by atoms with E-state index in [2.05, 4.69) is 34.9 Å². The van der Waals surface area contributed by atoms with Crippen LogP contribution in [0.4, 0.5) is 5.69 Å². The maximum atomic E-state index is 5.64. The molecule has 3 heteroatoms. The fourth-order valence-electron chi connectivity index (χ4n) is 2.72. The van der Waals surface area contributed by atoms with Gasteiger partial charge >= 0.3 is 0 Å². The average Bonchev–Trinajstić information content (AvgIpc) is 3.27. The number of anilines is 1. The molecule has 1 heterocycles. The molecule has 1 aromatic rings. The quantitative estimate of drug-likeness (QED) is 0.739. The molecule has 0 radical (unpaired) electrons. The maximum absolute atomic E-state index is 5.64. The van der Waals surface area contributed by atoms with Gasteiger partial charge in [0.15, 0.2) is 0 Å². The second kappa shape index (κ2) is 6.40. The van der Waals surface area contributed by atoms with E-state index in [-0.39, 0.29) is 0 Å². The smallest absolute Gasteiger partial charge is 0.0591 e. The molecule has 0 amide bonds. The van der Waals surface area contributed by atoms with Crippen molar-refractivity contribution in [3.63, 3.8) is 0 Å². The first kappa shape index (κ1) is 12.9. The predicted octanol–water partition coefficient (Wildman–Crippen LogP) is 2.60. The molecule has 0 aromatic heterocycles. The summed E-state index contributed by atoms with van der Waals surface area (Å²) in [5.74, 6) is 1.51. The Labute approximate surface area is 115 Å². The van der Waals surface area contributed by atoms with E-state index >= 15 is 0 Å². The molecule has 104 valence electrons. The Hall–Kier alpha value is -1.06. The molecule has 0 spiro atoms. The van der Waals surface area contributed by atoms with E-state index in [0.29, 0.717) is 5.92 Å². The van der Waals surface area contributed by atoms with Crippen molar-refractivity contribution in [2.24, 2.45) is 5.92 Å². The van der Waals surface area contributed by atoms with Crippen LogP contribution in [0.15, 0.2) is 24.3 Å². The number of rotatable bonds is 7. The molecular weight excluding hydrogens is 236 g/mol. The SMILES string of the molecule is c1ccc2c(c1)NCCC2CNCCOCC1CC1. The fourth-order valence-corrected chi connectivity index (χ4v) is 2.72. The number of hydrogen-bond acceptors (Lipinski definition) is 3. The monoisotopic (exact) mass is 260 g/mol. The number of nitrogens with one attached hydrogen (secondary N) is 2. The Balaban J connectivity index is 1.38. The van der Waals surface area contributed by atoms with Gasteiger partial charge in [0.25, 0.3) is 0 Å². The van der Waals surface area contributed by atoms with E-state index in [1.807, 2.05) is 0 Å². The predicted molar refractivity (Wildman–Crippen MR) is 78.7 cm³/mol. The van der Waals surface area contributed by atoms with Crippen LogP contribution in [0.3, 0.4) is 0 Å². The van der Waals surface area contributed by atoms with Crippen LogP contribution in [0.5, 0.6) is 0 Å². The van der Waals surface area contributed by atoms with E-state index in [9.17, 15) is 0 Å². The molecular formula is C16H24N2O. The van der Waals surface area contributed by atoms with Crippen molar-refractivity contribution in [2.75, 3.05) is 38.2 Å². The summed E-state index contributed by atoms with van der Waals surface area (Å²) in [6.45, 7) is 4.94. The van der Waals surface area contributed by atoms with Crippen molar-refractivity contribution in [3.05, 3.63) is 29.8 Å². The zero-order valence-corrected chi connectivity index (χ0v) is 11.5. The lowest BCUT2D eigenvalue weighted by Crippen LogP contribution is -2.29. The van der Waals surface area contributed by atoms with Crippen LogP contribution in [0.2, 0.25) is 0 Å². The van der Waals surface area contributed by atoms with Gasteiger partial charge in [-0.1, -0.05) is 18.2 Å². The molecule has 1 aliphatic heterocycles. The summed E-state index contributed by atoms with van der Waals surface area (Å²) in [6.07, 6.45) is 3.96. The van der Waals surface area contributed by atoms with Gasteiger partial charge in [0.05, 0.1) is 6.61 Å². The molecule has 2 aliphatic rings. The molecule has 1 unspecified atom stereocenters. The third-order valence-electron chi connectivity index (χ3n) is 4.07. The van der Waals surface area contributed by atoms with Crippen LogP contribution in [-0.4, -0.2) is 32.8 Å². The van der Waals surface area contributed by atoms with Gasteiger partial charge in [0, 0.05) is 37.8 Å². The maximum Gasteiger partial charge on any atom is 0.0591 e. The Kier molecular flexibility index (Phi) is 4.36. The van der Waals surface area contributed by atoms with E-state index in [0.717, 1.165) is 38.8 Å². The van der Waals surface area contributed by atoms with Gasteiger partial charge in [-0.3, -0.25) is 0 Å². The van der Waals surface area contributed by atoms with Gasteiger partial charge in [-0.25, -0.2) is 0 Å². The number of para-hydroxylation sites is 1. The largest absolute Gasteiger partial charge is 0.385 e. The zero-order valence-electron chi connectivity index (χ0n) is 11.5. The highest BCUT2D eigenvalue weighted by molar-refractivity contribution is 5.54. The van der Waals surface area contributed by atoms with Crippen molar-refractivity contribution in [1.82, 2.24) is 5.32 Å². The van der Waals surface area contributed by atoms with Gasteiger partial charge in [-0.2, -0.15) is 0 Å². The first-order chi connectivity index (χ1) is 9.43. The lowest BCUT2D eigenvalue weighted by atomic mass is 9.91. The summed E-state index contributed by atoms with van der Waals surface area (Å²) in [4.78, 5) is 0. The lowest BCUT2D eigenvalue weighted by molar-refractivity contribution is 0.126. The molecule has 1 saturated carbocycles. The van der Waals surface area contributed by atoms with Gasteiger partial charge in [0.1, 0.15) is 0 Å². The van der Waals surface area contributed by atoms with Gasteiger partial charge in [-0.05, 0) is 36.8 Å². The summed E-state index contributed by atoms with van der Waals surface area (Å²) in [5.41, 5.74) is 2.77. The standard InChI is InChI=1S/C16H24N2O/c1-2-4-16-15(3-1)14(7-8-18-16)11-17-9-10-19-12-13-5-6-13/h1-4,13-14,17-18H,5-12H2. The summed E-state index contributed by atoms with van der Waals surface area (Å²) in [5, 5.41) is 7.01. The van der Waals surface area contributed by atoms with E-state index < -0.39 is 0 Å². The Morgan fingerprint density at radius 1 is 1.21 bits per heavy atom. The highest BCUT2D eigenvalue weighted by atomic mass is 16.5. The second-order valence-electron chi connectivity index (χ2n) is 5.72. The summed E-state index contributed by atoms with van der Waals surface area (Å²) in [7, 11) is 0. The van der Waals surface area contributed by atoms with Crippen molar-refractivity contribution in [3.8, 4) is 0 Å².